The van der Waals surface area contributed by atoms with E-state index < -0.39 is 5.60 Å². The molecule has 2 amide bonds. The maximum Gasteiger partial charge on any atom is 0.254 e. The van der Waals surface area contributed by atoms with Gasteiger partial charge in [-0.2, -0.15) is 0 Å². The second-order valence-electron chi connectivity index (χ2n) is 7.84. The molecule has 0 radical (unpaired) electrons. The quantitative estimate of drug-likeness (QED) is 0.817. The minimum atomic E-state index is -1.10. The number of rotatable bonds is 6. The topological polar surface area (TPSA) is 58.6 Å². The van der Waals surface area contributed by atoms with Crippen molar-refractivity contribution in [2.45, 2.75) is 45.3 Å². The van der Waals surface area contributed by atoms with Crippen LogP contribution in [0, 0.1) is 0 Å². The largest absolute Gasteiger partial charge is 0.361 e. The van der Waals surface area contributed by atoms with Crippen molar-refractivity contribution in [1.29, 1.82) is 0 Å². The summed E-state index contributed by atoms with van der Waals surface area (Å²) in [6.45, 7) is 6.84. The number of morpholine rings is 1. The van der Waals surface area contributed by atoms with Gasteiger partial charge in [-0.05, 0) is 30.5 Å². The highest BCUT2D eigenvalue weighted by atomic mass is 16.5. The number of hydrogen-bond acceptors (Lipinski definition) is 3. The van der Waals surface area contributed by atoms with Gasteiger partial charge in [0.2, 0.25) is 5.91 Å². The summed E-state index contributed by atoms with van der Waals surface area (Å²) in [4.78, 5) is 27.4. The summed E-state index contributed by atoms with van der Waals surface area (Å²) in [5.41, 5.74) is 2.11. The molecule has 1 aliphatic heterocycles. The fraction of sp³-hybridized carbons (Fsp3) is 0.417. The Labute approximate surface area is 173 Å². The highest BCUT2D eigenvalue weighted by Gasteiger charge is 2.45. The van der Waals surface area contributed by atoms with E-state index in [0.717, 1.165) is 16.7 Å². The van der Waals surface area contributed by atoms with Gasteiger partial charge in [-0.15, -0.1) is 0 Å². The molecule has 1 N–H and O–H groups in total. The number of benzene rings is 2. The first-order chi connectivity index (χ1) is 13.9. The van der Waals surface area contributed by atoms with Crippen LogP contribution in [0.25, 0.3) is 11.1 Å². The fourth-order valence-corrected chi connectivity index (χ4v) is 3.82. The minimum absolute atomic E-state index is 0.00963. The van der Waals surface area contributed by atoms with E-state index in [0.29, 0.717) is 26.0 Å². The van der Waals surface area contributed by atoms with Crippen LogP contribution in [0.4, 0.5) is 0 Å². The van der Waals surface area contributed by atoms with Gasteiger partial charge in [0.1, 0.15) is 0 Å². The van der Waals surface area contributed by atoms with Gasteiger partial charge in [-0.1, -0.05) is 61.5 Å². The van der Waals surface area contributed by atoms with Crippen LogP contribution in [0.5, 0.6) is 0 Å². The Hall–Kier alpha value is -2.66. The molecule has 1 aliphatic rings. The van der Waals surface area contributed by atoms with Crippen LogP contribution in [-0.2, 0) is 20.7 Å². The molecule has 0 spiro atoms. The summed E-state index contributed by atoms with van der Waals surface area (Å²) in [6, 6.07) is 18.2. The number of carbonyl (C=O) groups is 2. The van der Waals surface area contributed by atoms with E-state index in [1.54, 1.807) is 4.90 Å². The molecule has 0 bridgehead atoms. The maximum atomic E-state index is 13.3. The van der Waals surface area contributed by atoms with Crippen LogP contribution in [0.2, 0.25) is 0 Å². The number of hydrogen-bond donors (Lipinski definition) is 1. The molecular formula is C24H30N2O3. The molecule has 2 aromatic carbocycles. The lowest BCUT2D eigenvalue weighted by Crippen LogP contribution is -2.62. The zero-order valence-electron chi connectivity index (χ0n) is 17.5. The molecule has 5 nitrogen and oxygen atoms in total. The third-order valence-electron chi connectivity index (χ3n) is 5.25. The van der Waals surface area contributed by atoms with Crippen LogP contribution < -0.4 is 5.32 Å². The van der Waals surface area contributed by atoms with Gasteiger partial charge in [0.25, 0.3) is 5.91 Å². The van der Waals surface area contributed by atoms with Crippen molar-refractivity contribution in [2.24, 2.45) is 0 Å². The standard InChI is InChI=1S/C24H30N2O3/c1-4-22(27)26-14-15-29-24(17-26,23(28)25-18(2)3)16-20-12-8-9-13-21(20)19-10-6-5-7-11-19/h5-13,18H,4,14-17H2,1-3H3,(H,25,28)/t24-/m1/s1. The first kappa shape index (κ1) is 21.1. The van der Waals surface area contributed by atoms with Gasteiger partial charge in [0, 0.05) is 25.4 Å². The summed E-state index contributed by atoms with van der Waals surface area (Å²) in [5.74, 6) is -0.115. The molecule has 1 saturated heterocycles. The first-order valence-corrected chi connectivity index (χ1v) is 10.3. The normalized spacial score (nSPS) is 19.2. The van der Waals surface area contributed by atoms with E-state index in [1.165, 1.54) is 0 Å². The van der Waals surface area contributed by atoms with Crippen molar-refractivity contribution in [1.82, 2.24) is 10.2 Å². The zero-order valence-corrected chi connectivity index (χ0v) is 17.5. The van der Waals surface area contributed by atoms with Gasteiger partial charge in [0.15, 0.2) is 5.60 Å². The lowest BCUT2D eigenvalue weighted by Gasteiger charge is -2.42. The lowest BCUT2D eigenvalue weighted by molar-refractivity contribution is -0.166. The van der Waals surface area contributed by atoms with Gasteiger partial charge in [0.05, 0.1) is 13.2 Å². The summed E-state index contributed by atoms with van der Waals surface area (Å²) in [5, 5.41) is 3.01. The summed E-state index contributed by atoms with van der Waals surface area (Å²) in [7, 11) is 0. The smallest absolute Gasteiger partial charge is 0.254 e. The van der Waals surface area contributed by atoms with Gasteiger partial charge >= 0.3 is 0 Å². The Morgan fingerprint density at radius 1 is 1.10 bits per heavy atom. The molecule has 3 rings (SSSR count). The Morgan fingerprint density at radius 2 is 1.79 bits per heavy atom. The molecule has 0 saturated carbocycles. The van der Waals surface area contributed by atoms with Gasteiger partial charge < -0.3 is 15.0 Å². The molecule has 1 atom stereocenters. The van der Waals surface area contributed by atoms with Gasteiger partial charge in [-0.3, -0.25) is 9.59 Å². The summed E-state index contributed by atoms with van der Waals surface area (Å²) >= 11 is 0. The van der Waals surface area contributed by atoms with Crippen LogP contribution in [0.3, 0.4) is 0 Å². The molecule has 0 unspecified atom stereocenters. The number of nitrogens with one attached hydrogen (secondary N) is 1. The second kappa shape index (κ2) is 9.23. The molecule has 0 aromatic heterocycles. The first-order valence-electron chi connectivity index (χ1n) is 10.3. The van der Waals surface area contributed by atoms with Crippen LogP contribution in [0.1, 0.15) is 32.8 Å². The van der Waals surface area contributed by atoms with Crippen LogP contribution >= 0.6 is 0 Å². The van der Waals surface area contributed by atoms with E-state index in [1.807, 2.05) is 57.2 Å². The van der Waals surface area contributed by atoms with E-state index in [2.05, 4.69) is 23.5 Å². The summed E-state index contributed by atoms with van der Waals surface area (Å²) < 4.78 is 6.14. The highest BCUT2D eigenvalue weighted by molar-refractivity contribution is 5.88. The Bertz CT molecular complexity index is 850. The Morgan fingerprint density at radius 3 is 2.48 bits per heavy atom. The van der Waals surface area contributed by atoms with Crippen molar-refractivity contribution >= 4 is 11.8 Å². The molecule has 2 aromatic rings. The average Bonchev–Trinajstić information content (AvgIpc) is 2.74. The third kappa shape index (κ3) is 4.85. The third-order valence-corrected chi connectivity index (χ3v) is 5.25. The Kier molecular flexibility index (Phi) is 6.70. The highest BCUT2D eigenvalue weighted by Crippen LogP contribution is 2.30. The molecule has 29 heavy (non-hydrogen) atoms. The van der Waals surface area contributed by atoms with Crippen molar-refractivity contribution in [3.05, 3.63) is 60.2 Å². The van der Waals surface area contributed by atoms with Crippen LogP contribution in [0.15, 0.2) is 54.6 Å². The molecule has 154 valence electrons. The van der Waals surface area contributed by atoms with E-state index in [9.17, 15) is 9.59 Å². The monoisotopic (exact) mass is 394 g/mol. The second-order valence-corrected chi connectivity index (χ2v) is 7.84. The number of amides is 2. The van der Waals surface area contributed by atoms with Crippen molar-refractivity contribution in [2.75, 3.05) is 19.7 Å². The lowest BCUT2D eigenvalue weighted by atomic mass is 9.87. The van der Waals surface area contributed by atoms with E-state index in [-0.39, 0.29) is 24.4 Å². The maximum absolute atomic E-state index is 13.3. The van der Waals surface area contributed by atoms with Crippen molar-refractivity contribution in [3.8, 4) is 11.1 Å². The number of ether oxygens (including phenoxy) is 1. The van der Waals surface area contributed by atoms with E-state index in [4.69, 9.17) is 4.74 Å². The molecule has 1 fully saturated rings. The molecule has 0 aliphatic carbocycles. The summed E-state index contributed by atoms with van der Waals surface area (Å²) in [6.07, 6.45) is 0.826. The molecule has 5 heteroatoms. The van der Waals surface area contributed by atoms with Crippen molar-refractivity contribution in [3.63, 3.8) is 0 Å². The minimum Gasteiger partial charge on any atom is -0.361 e. The predicted octanol–water partition coefficient (Wildman–Crippen LogP) is 3.43. The number of carbonyl (C=O) groups excluding carboxylic acids is 2. The predicted molar refractivity (Wildman–Crippen MR) is 114 cm³/mol. The van der Waals surface area contributed by atoms with Crippen molar-refractivity contribution < 1.29 is 14.3 Å². The fourth-order valence-electron chi connectivity index (χ4n) is 3.82. The Balaban J connectivity index is 1.98. The number of nitrogens with zero attached hydrogens (tertiary/aromatic N) is 1. The molecular weight excluding hydrogens is 364 g/mol. The van der Waals surface area contributed by atoms with Gasteiger partial charge in [-0.25, -0.2) is 0 Å². The molecule has 1 heterocycles. The zero-order chi connectivity index (χ0) is 20.9. The van der Waals surface area contributed by atoms with Crippen LogP contribution in [-0.4, -0.2) is 48.1 Å². The average molecular weight is 395 g/mol. The SMILES string of the molecule is CCC(=O)N1CCO[C@@](Cc2ccccc2-c2ccccc2)(C(=O)NC(C)C)C1. The van der Waals surface area contributed by atoms with E-state index >= 15 is 0 Å².